The molecule has 0 radical (unpaired) electrons. The fraction of sp³-hybridized carbons (Fsp3) is 0.545. The summed E-state index contributed by atoms with van der Waals surface area (Å²) in [4.78, 5) is 4.37. The summed E-state index contributed by atoms with van der Waals surface area (Å²) >= 11 is 2.26. The van der Waals surface area contributed by atoms with E-state index in [4.69, 9.17) is 0 Å². The van der Waals surface area contributed by atoms with Gasteiger partial charge in [-0.15, -0.1) is 0 Å². The summed E-state index contributed by atoms with van der Waals surface area (Å²) in [6, 6.07) is 5.86. The molecule has 2 aliphatic rings. The molecule has 2 fully saturated rings. The number of nitrogens with zero attached hydrogens (tertiary/aromatic N) is 1. The van der Waals surface area contributed by atoms with Crippen molar-refractivity contribution in [1.82, 2.24) is 10.3 Å². The van der Waals surface area contributed by atoms with E-state index in [2.05, 4.69) is 51.2 Å². The molecule has 2 saturated heterocycles. The minimum atomic E-state index is 0.721. The van der Waals surface area contributed by atoms with Gasteiger partial charge < -0.3 is 5.32 Å². The van der Waals surface area contributed by atoms with Gasteiger partial charge >= 0.3 is 0 Å². The molecular formula is C11H13IN2. The van der Waals surface area contributed by atoms with Crippen LogP contribution in [0.1, 0.15) is 30.7 Å². The third kappa shape index (κ3) is 1.46. The van der Waals surface area contributed by atoms with Crippen LogP contribution in [0.2, 0.25) is 0 Å². The zero-order valence-electron chi connectivity index (χ0n) is 7.91. The number of nitrogens with one attached hydrogen (secondary N) is 1. The Balaban J connectivity index is 1.86. The van der Waals surface area contributed by atoms with E-state index >= 15 is 0 Å². The summed E-state index contributed by atoms with van der Waals surface area (Å²) in [5.74, 6) is 0.721. The number of pyridine rings is 1. The Bertz CT molecular complexity index is 336. The van der Waals surface area contributed by atoms with Gasteiger partial charge in [0.2, 0.25) is 0 Å². The van der Waals surface area contributed by atoms with E-state index in [1.165, 1.54) is 24.8 Å². The molecule has 0 amide bonds. The maximum Gasteiger partial charge on any atom is 0.101 e. The first-order chi connectivity index (χ1) is 6.83. The molecule has 3 atom stereocenters. The van der Waals surface area contributed by atoms with Crippen molar-refractivity contribution in [3.05, 3.63) is 27.6 Å². The van der Waals surface area contributed by atoms with Crippen molar-refractivity contribution in [1.29, 1.82) is 0 Å². The van der Waals surface area contributed by atoms with E-state index < -0.39 is 0 Å². The van der Waals surface area contributed by atoms with Crippen molar-refractivity contribution < 1.29 is 0 Å². The van der Waals surface area contributed by atoms with E-state index in [0.29, 0.717) is 0 Å². The zero-order chi connectivity index (χ0) is 9.54. The van der Waals surface area contributed by atoms with Gasteiger partial charge in [-0.2, -0.15) is 0 Å². The van der Waals surface area contributed by atoms with E-state index in [-0.39, 0.29) is 0 Å². The molecule has 1 aromatic heterocycles. The molecule has 2 nitrogen and oxygen atoms in total. The molecule has 1 N–H and O–H groups in total. The topological polar surface area (TPSA) is 24.9 Å². The van der Waals surface area contributed by atoms with E-state index in [9.17, 15) is 0 Å². The van der Waals surface area contributed by atoms with Gasteiger partial charge in [-0.1, -0.05) is 6.07 Å². The predicted molar refractivity (Wildman–Crippen MR) is 64.3 cm³/mol. The number of aromatic nitrogens is 1. The van der Waals surface area contributed by atoms with Gasteiger partial charge in [-0.3, -0.25) is 4.98 Å². The lowest BCUT2D eigenvalue weighted by atomic mass is 9.85. The summed E-state index contributed by atoms with van der Waals surface area (Å²) in [6.07, 6.45) is 6.09. The SMILES string of the molecule is Ic1ccc(C2CC3CCC2N3)cn1. The van der Waals surface area contributed by atoms with Crippen LogP contribution in [-0.4, -0.2) is 17.1 Å². The monoisotopic (exact) mass is 300 g/mol. The second-order valence-corrected chi connectivity index (χ2v) is 5.41. The van der Waals surface area contributed by atoms with Crippen LogP contribution >= 0.6 is 22.6 Å². The smallest absolute Gasteiger partial charge is 0.101 e. The fourth-order valence-corrected chi connectivity index (χ4v) is 3.12. The predicted octanol–water partition coefficient (Wildman–Crippen LogP) is 2.29. The van der Waals surface area contributed by atoms with Gasteiger partial charge in [-0.05, 0) is 53.5 Å². The number of fused-ring (bicyclic) bond motifs is 2. The molecule has 0 aromatic carbocycles. The minimum Gasteiger partial charge on any atom is -0.311 e. The standard InChI is InChI=1S/C11H13IN2/c12-11-4-1-7(6-13-11)9-5-8-2-3-10(9)14-8/h1,4,6,8-10,14H,2-3,5H2. The van der Waals surface area contributed by atoms with Crippen molar-refractivity contribution in [2.45, 2.75) is 37.3 Å². The lowest BCUT2D eigenvalue weighted by molar-refractivity contribution is 0.505. The van der Waals surface area contributed by atoms with E-state index in [0.717, 1.165) is 21.7 Å². The van der Waals surface area contributed by atoms with Crippen LogP contribution < -0.4 is 5.32 Å². The van der Waals surface area contributed by atoms with Crippen LogP contribution in [0.25, 0.3) is 0 Å². The number of halogens is 1. The highest BCUT2D eigenvalue weighted by Gasteiger charge is 2.39. The van der Waals surface area contributed by atoms with Crippen molar-refractivity contribution >= 4 is 22.6 Å². The summed E-state index contributed by atoms with van der Waals surface area (Å²) in [6.45, 7) is 0. The van der Waals surface area contributed by atoms with Crippen LogP contribution in [0.3, 0.4) is 0 Å². The molecule has 0 spiro atoms. The van der Waals surface area contributed by atoms with Crippen molar-refractivity contribution in [2.75, 3.05) is 0 Å². The first kappa shape index (κ1) is 9.09. The molecule has 0 saturated carbocycles. The summed E-state index contributed by atoms with van der Waals surface area (Å²) < 4.78 is 1.09. The number of hydrogen-bond acceptors (Lipinski definition) is 2. The molecule has 3 heterocycles. The molecule has 14 heavy (non-hydrogen) atoms. The van der Waals surface area contributed by atoms with E-state index in [1.54, 1.807) is 0 Å². The summed E-state index contributed by atoms with van der Waals surface area (Å²) in [7, 11) is 0. The average molecular weight is 300 g/mol. The first-order valence-electron chi connectivity index (χ1n) is 5.20. The lowest BCUT2D eigenvalue weighted by Gasteiger charge is -2.19. The molecule has 3 unspecified atom stereocenters. The highest BCUT2D eigenvalue weighted by atomic mass is 127. The third-order valence-electron chi connectivity index (χ3n) is 3.48. The fourth-order valence-electron chi connectivity index (χ4n) is 2.80. The van der Waals surface area contributed by atoms with Gasteiger partial charge in [0, 0.05) is 24.2 Å². The van der Waals surface area contributed by atoms with Crippen LogP contribution in [0, 0.1) is 3.70 Å². The Morgan fingerprint density at radius 3 is 2.86 bits per heavy atom. The highest BCUT2D eigenvalue weighted by Crippen LogP contribution is 2.39. The Morgan fingerprint density at radius 1 is 1.36 bits per heavy atom. The van der Waals surface area contributed by atoms with Crippen molar-refractivity contribution in [3.8, 4) is 0 Å². The molecule has 3 heteroatoms. The van der Waals surface area contributed by atoms with E-state index in [1.807, 2.05) is 0 Å². The quantitative estimate of drug-likeness (QED) is 0.636. The second-order valence-electron chi connectivity index (χ2n) is 4.30. The Morgan fingerprint density at radius 2 is 2.29 bits per heavy atom. The van der Waals surface area contributed by atoms with Gasteiger partial charge in [0.15, 0.2) is 0 Å². The molecule has 3 rings (SSSR count). The number of hydrogen-bond donors (Lipinski definition) is 1. The molecular weight excluding hydrogens is 287 g/mol. The average Bonchev–Trinajstić information content (AvgIpc) is 2.80. The van der Waals surface area contributed by atoms with Crippen molar-refractivity contribution in [3.63, 3.8) is 0 Å². The molecule has 1 aromatic rings. The Kier molecular flexibility index (Phi) is 2.24. The summed E-state index contributed by atoms with van der Waals surface area (Å²) in [5.41, 5.74) is 1.42. The first-order valence-corrected chi connectivity index (χ1v) is 6.28. The highest BCUT2D eigenvalue weighted by molar-refractivity contribution is 14.1. The largest absolute Gasteiger partial charge is 0.311 e. The Labute approximate surface area is 97.6 Å². The maximum atomic E-state index is 4.37. The van der Waals surface area contributed by atoms with Crippen LogP contribution in [-0.2, 0) is 0 Å². The van der Waals surface area contributed by atoms with Gasteiger partial charge in [0.1, 0.15) is 3.70 Å². The lowest BCUT2D eigenvalue weighted by Crippen LogP contribution is -2.21. The van der Waals surface area contributed by atoms with Crippen molar-refractivity contribution in [2.24, 2.45) is 0 Å². The molecule has 74 valence electrons. The van der Waals surface area contributed by atoms with Crippen LogP contribution in [0.5, 0.6) is 0 Å². The third-order valence-corrected chi connectivity index (χ3v) is 4.12. The zero-order valence-corrected chi connectivity index (χ0v) is 10.1. The maximum absolute atomic E-state index is 4.37. The summed E-state index contributed by atoms with van der Waals surface area (Å²) in [5, 5.41) is 3.66. The number of rotatable bonds is 1. The molecule has 2 aliphatic heterocycles. The van der Waals surface area contributed by atoms with Crippen LogP contribution in [0.4, 0.5) is 0 Å². The van der Waals surface area contributed by atoms with Gasteiger partial charge in [0.05, 0.1) is 0 Å². The minimum absolute atomic E-state index is 0.721. The van der Waals surface area contributed by atoms with Gasteiger partial charge in [-0.25, -0.2) is 0 Å². The van der Waals surface area contributed by atoms with Crippen LogP contribution in [0.15, 0.2) is 18.3 Å². The normalized spacial score (nSPS) is 35.1. The Hall–Kier alpha value is -0.160. The molecule has 0 aliphatic carbocycles. The molecule has 2 bridgehead atoms. The second kappa shape index (κ2) is 3.45. The van der Waals surface area contributed by atoms with Gasteiger partial charge in [0.25, 0.3) is 0 Å².